The molecule has 0 radical (unpaired) electrons. The van der Waals surface area contributed by atoms with Crippen LogP contribution in [0.15, 0.2) is 71.6 Å². The van der Waals surface area contributed by atoms with Gasteiger partial charge in [-0.25, -0.2) is 0 Å². The maximum Gasteiger partial charge on any atom is 0.295 e. The summed E-state index contributed by atoms with van der Waals surface area (Å²) in [5.41, 5.74) is 1.09. The Morgan fingerprint density at radius 3 is 2.63 bits per heavy atom. The number of carbonyl (C=O) groups is 2. The smallest absolute Gasteiger partial charge is 0.295 e. The molecule has 1 aliphatic rings. The number of likely N-dealkylation sites (tertiary alicyclic amines) is 1. The highest BCUT2D eigenvalue weighted by Crippen LogP contribution is 2.41. The van der Waals surface area contributed by atoms with Crippen molar-refractivity contribution in [2.75, 3.05) is 7.11 Å². The minimum absolute atomic E-state index is 0.0343. The highest BCUT2D eigenvalue weighted by atomic mass is 35.5. The van der Waals surface area contributed by atoms with Gasteiger partial charge in [0.1, 0.15) is 11.5 Å². The van der Waals surface area contributed by atoms with Crippen LogP contribution in [-0.2, 0) is 16.1 Å². The number of ether oxygens (including phenoxy) is 1. The number of aliphatic hydroxyl groups excluding tert-OH is 1. The average molecular weight is 440 g/mol. The third-order valence-corrected chi connectivity index (χ3v) is 6.05. The maximum atomic E-state index is 13.0. The molecule has 1 unspecified atom stereocenters. The lowest BCUT2D eigenvalue weighted by atomic mass is 9.95. The van der Waals surface area contributed by atoms with Gasteiger partial charge in [0, 0.05) is 15.5 Å². The van der Waals surface area contributed by atoms with Crippen LogP contribution in [0.3, 0.4) is 0 Å². The molecule has 1 aromatic heterocycles. The maximum absolute atomic E-state index is 13.0. The van der Waals surface area contributed by atoms with Crippen LogP contribution in [0.1, 0.15) is 22.0 Å². The number of nitrogens with zero attached hydrogens (tertiary/aromatic N) is 1. The van der Waals surface area contributed by atoms with Crippen molar-refractivity contribution in [2.45, 2.75) is 12.6 Å². The van der Waals surface area contributed by atoms with Crippen molar-refractivity contribution in [3.63, 3.8) is 0 Å². The van der Waals surface area contributed by atoms with Gasteiger partial charge in [-0.05, 0) is 41.3 Å². The Morgan fingerprint density at radius 1 is 1.13 bits per heavy atom. The van der Waals surface area contributed by atoms with Crippen molar-refractivity contribution >= 4 is 40.4 Å². The molecule has 1 amide bonds. The van der Waals surface area contributed by atoms with E-state index in [9.17, 15) is 14.7 Å². The molecule has 0 bridgehead atoms. The second-order valence-corrected chi connectivity index (χ2v) is 8.26. The molecule has 2 heterocycles. The number of methoxy groups -OCH3 is 1. The van der Waals surface area contributed by atoms with Crippen LogP contribution in [-0.4, -0.2) is 28.8 Å². The van der Waals surface area contributed by atoms with E-state index in [2.05, 4.69) is 0 Å². The Labute approximate surface area is 182 Å². The Kier molecular flexibility index (Phi) is 5.61. The van der Waals surface area contributed by atoms with Crippen LogP contribution in [0, 0.1) is 0 Å². The molecule has 0 saturated carbocycles. The number of thiophene rings is 1. The predicted octanol–water partition coefficient (Wildman–Crippen LogP) is 5.03. The fraction of sp³-hybridized carbons (Fsp3) is 0.130. The predicted molar refractivity (Wildman–Crippen MR) is 117 cm³/mol. The minimum Gasteiger partial charge on any atom is -0.507 e. The Morgan fingerprint density at radius 2 is 1.93 bits per heavy atom. The molecule has 4 rings (SSSR count). The summed E-state index contributed by atoms with van der Waals surface area (Å²) in [7, 11) is 1.55. The summed E-state index contributed by atoms with van der Waals surface area (Å²) in [5.74, 6) is -1.04. The second-order valence-electron chi connectivity index (χ2n) is 6.79. The number of hydrogen-bond acceptors (Lipinski definition) is 5. The van der Waals surface area contributed by atoms with Crippen LogP contribution in [0.4, 0.5) is 0 Å². The topological polar surface area (TPSA) is 66.8 Å². The Bertz CT molecular complexity index is 1140. The van der Waals surface area contributed by atoms with Crippen molar-refractivity contribution in [3.8, 4) is 5.75 Å². The molecule has 0 aliphatic carbocycles. The summed E-state index contributed by atoms with van der Waals surface area (Å²) >= 11 is 7.57. The average Bonchev–Trinajstić information content (AvgIpc) is 3.35. The molecule has 152 valence electrons. The summed E-state index contributed by atoms with van der Waals surface area (Å²) in [6.45, 7) is 0.260. The lowest BCUT2D eigenvalue weighted by Gasteiger charge is -2.25. The molecule has 2 aromatic carbocycles. The summed E-state index contributed by atoms with van der Waals surface area (Å²) in [4.78, 5) is 28.4. The number of halogens is 1. The normalized spacial score (nSPS) is 18.1. The number of hydrogen-bond donors (Lipinski definition) is 1. The highest BCUT2D eigenvalue weighted by molar-refractivity contribution is 7.09. The van der Waals surface area contributed by atoms with Gasteiger partial charge in [0.25, 0.3) is 11.7 Å². The van der Waals surface area contributed by atoms with E-state index in [-0.39, 0.29) is 17.9 Å². The van der Waals surface area contributed by atoms with Gasteiger partial charge in [0.2, 0.25) is 0 Å². The van der Waals surface area contributed by atoms with Crippen LogP contribution in [0.25, 0.3) is 5.76 Å². The molecule has 1 aliphatic heterocycles. The van der Waals surface area contributed by atoms with E-state index in [1.54, 1.807) is 49.6 Å². The number of benzene rings is 2. The van der Waals surface area contributed by atoms with Crippen LogP contribution in [0.2, 0.25) is 5.02 Å². The van der Waals surface area contributed by atoms with Gasteiger partial charge in [-0.15, -0.1) is 11.3 Å². The van der Waals surface area contributed by atoms with E-state index >= 15 is 0 Å². The molecular weight excluding hydrogens is 422 g/mol. The van der Waals surface area contributed by atoms with E-state index in [0.29, 0.717) is 21.9 Å². The molecule has 1 fully saturated rings. The standard InChI is InChI=1S/C23H18ClNO4S/c1-29-17-8-3-5-14(12-17)20-19(21(26)15-6-2-7-16(24)11-15)22(27)23(28)25(20)13-18-9-4-10-30-18/h2-12,20,26H,13H2,1H3/b21-19-. The summed E-state index contributed by atoms with van der Waals surface area (Å²) in [6, 6.07) is 16.8. The lowest BCUT2D eigenvalue weighted by Crippen LogP contribution is -2.28. The van der Waals surface area contributed by atoms with Crippen LogP contribution < -0.4 is 4.74 Å². The second kappa shape index (κ2) is 8.34. The first-order valence-electron chi connectivity index (χ1n) is 9.20. The third-order valence-electron chi connectivity index (χ3n) is 4.95. The lowest BCUT2D eigenvalue weighted by molar-refractivity contribution is -0.140. The number of ketones is 1. The first-order valence-corrected chi connectivity index (χ1v) is 10.5. The first-order chi connectivity index (χ1) is 14.5. The molecule has 1 N–H and O–H groups in total. The van der Waals surface area contributed by atoms with Crippen molar-refractivity contribution in [1.82, 2.24) is 4.90 Å². The first kappa shape index (κ1) is 20.2. The van der Waals surface area contributed by atoms with Gasteiger partial charge < -0.3 is 14.7 Å². The molecular formula is C23H18ClNO4S. The van der Waals surface area contributed by atoms with E-state index < -0.39 is 17.7 Å². The quantitative estimate of drug-likeness (QED) is 0.344. The molecule has 30 heavy (non-hydrogen) atoms. The fourth-order valence-electron chi connectivity index (χ4n) is 3.56. The van der Waals surface area contributed by atoms with Gasteiger partial charge >= 0.3 is 0 Å². The van der Waals surface area contributed by atoms with Crippen molar-refractivity contribution < 1.29 is 19.4 Å². The number of rotatable bonds is 5. The van der Waals surface area contributed by atoms with Gasteiger partial charge in [0.05, 0.1) is 25.3 Å². The van der Waals surface area contributed by atoms with Gasteiger partial charge in [-0.1, -0.05) is 41.9 Å². The van der Waals surface area contributed by atoms with Gasteiger partial charge in [0.15, 0.2) is 0 Å². The Balaban J connectivity index is 1.89. The monoisotopic (exact) mass is 439 g/mol. The zero-order valence-electron chi connectivity index (χ0n) is 16.0. The fourth-order valence-corrected chi connectivity index (χ4v) is 4.46. The largest absolute Gasteiger partial charge is 0.507 e. The van der Waals surface area contributed by atoms with Crippen molar-refractivity contribution in [3.05, 3.63) is 92.6 Å². The number of carbonyl (C=O) groups excluding carboxylic acids is 2. The van der Waals surface area contributed by atoms with Gasteiger partial charge in [-0.3, -0.25) is 9.59 Å². The number of Topliss-reactive ketones (excluding diaryl/α,β-unsaturated/α-hetero) is 1. The van der Waals surface area contributed by atoms with E-state index in [0.717, 1.165) is 4.88 Å². The van der Waals surface area contributed by atoms with Crippen LogP contribution >= 0.6 is 22.9 Å². The van der Waals surface area contributed by atoms with Crippen LogP contribution in [0.5, 0.6) is 5.75 Å². The number of aliphatic hydroxyl groups is 1. The molecule has 1 saturated heterocycles. The van der Waals surface area contributed by atoms with Crippen molar-refractivity contribution in [1.29, 1.82) is 0 Å². The van der Waals surface area contributed by atoms with Gasteiger partial charge in [-0.2, -0.15) is 0 Å². The molecule has 5 nitrogen and oxygen atoms in total. The molecule has 3 aromatic rings. The summed E-state index contributed by atoms with van der Waals surface area (Å²) < 4.78 is 5.32. The van der Waals surface area contributed by atoms with E-state index in [4.69, 9.17) is 16.3 Å². The third kappa shape index (κ3) is 3.72. The summed E-state index contributed by atoms with van der Waals surface area (Å²) in [6.07, 6.45) is 0. The molecule has 7 heteroatoms. The molecule has 0 spiro atoms. The minimum atomic E-state index is -0.749. The van der Waals surface area contributed by atoms with Crippen molar-refractivity contribution in [2.24, 2.45) is 0 Å². The molecule has 1 atom stereocenters. The number of amides is 1. The SMILES string of the molecule is COc1cccc(C2/C(=C(/O)c3cccc(Cl)c3)C(=O)C(=O)N2Cc2cccs2)c1. The zero-order chi connectivity index (χ0) is 21.3. The van der Waals surface area contributed by atoms with E-state index in [1.165, 1.54) is 16.2 Å². The van der Waals surface area contributed by atoms with E-state index in [1.807, 2.05) is 23.6 Å². The summed E-state index contributed by atoms with van der Waals surface area (Å²) in [5, 5.41) is 13.4. The highest BCUT2D eigenvalue weighted by Gasteiger charge is 2.46. The zero-order valence-corrected chi connectivity index (χ0v) is 17.6. The Hall–Kier alpha value is -3.09.